The summed E-state index contributed by atoms with van der Waals surface area (Å²) in [6, 6.07) is 16.5. The van der Waals surface area contributed by atoms with E-state index in [1.165, 1.54) is 11.3 Å². The van der Waals surface area contributed by atoms with Crippen LogP contribution in [0.5, 0.6) is 11.5 Å². The Hall–Kier alpha value is -4.21. The lowest BCUT2D eigenvalue weighted by molar-refractivity contribution is 0.0963. The number of para-hydroxylation sites is 1. The lowest BCUT2D eigenvalue weighted by atomic mass is 10.0. The molecule has 4 aromatic rings. The minimum atomic E-state index is -0.370. The van der Waals surface area contributed by atoms with E-state index in [0.717, 1.165) is 22.4 Å². The maximum absolute atomic E-state index is 13.4. The second kappa shape index (κ2) is 9.34. The predicted molar refractivity (Wildman–Crippen MR) is 144 cm³/mol. The molecule has 2 aliphatic rings. The number of urea groups is 1. The molecule has 2 aromatic carbocycles. The second-order valence-corrected chi connectivity index (χ2v) is 10.1. The average Bonchev–Trinajstić information content (AvgIpc) is 3.27. The van der Waals surface area contributed by atoms with Crippen LogP contribution < -0.4 is 20.3 Å². The third-order valence-electron chi connectivity index (χ3n) is 6.50. The van der Waals surface area contributed by atoms with Crippen LogP contribution in [-0.2, 0) is 0 Å². The van der Waals surface area contributed by atoms with Crippen molar-refractivity contribution in [3.8, 4) is 11.5 Å². The van der Waals surface area contributed by atoms with Crippen LogP contribution in [0.2, 0.25) is 0 Å². The van der Waals surface area contributed by atoms with Gasteiger partial charge in [0.1, 0.15) is 21.2 Å². The minimum absolute atomic E-state index is 0.293. The maximum atomic E-state index is 13.4. The van der Waals surface area contributed by atoms with Crippen LogP contribution in [0, 0.1) is 6.92 Å². The molecule has 3 amide bonds. The molecule has 186 valence electrons. The van der Waals surface area contributed by atoms with Gasteiger partial charge in [0, 0.05) is 11.9 Å². The largest absolute Gasteiger partial charge is 0.457 e. The van der Waals surface area contributed by atoms with Crippen molar-refractivity contribution in [1.82, 2.24) is 10.3 Å². The molecule has 3 heterocycles. The molecule has 3 N–H and O–H groups in total. The highest BCUT2D eigenvalue weighted by Crippen LogP contribution is 2.46. The summed E-state index contributed by atoms with van der Waals surface area (Å²) in [5.74, 6) is 1.11. The highest BCUT2D eigenvalue weighted by atomic mass is 32.1. The molecular weight excluding hydrogens is 488 g/mol. The number of pyridine rings is 1. The van der Waals surface area contributed by atoms with Crippen molar-refractivity contribution in [2.45, 2.75) is 32.3 Å². The number of amides is 3. The van der Waals surface area contributed by atoms with Crippen molar-refractivity contribution in [2.75, 3.05) is 10.2 Å². The van der Waals surface area contributed by atoms with E-state index in [1.54, 1.807) is 17.2 Å². The Kier molecular flexibility index (Phi) is 5.86. The summed E-state index contributed by atoms with van der Waals surface area (Å²) in [7, 11) is 0. The number of carbonyl (C=O) groups excluding carboxylic acids is 2. The first-order chi connectivity index (χ1) is 18.0. The van der Waals surface area contributed by atoms with Crippen molar-refractivity contribution in [1.29, 1.82) is 0 Å². The number of aromatic nitrogens is 1. The Morgan fingerprint density at radius 1 is 1.16 bits per heavy atom. The third kappa shape index (κ3) is 4.32. The zero-order valence-electron chi connectivity index (χ0n) is 20.0. The molecule has 37 heavy (non-hydrogen) atoms. The zero-order chi connectivity index (χ0) is 25.5. The number of aliphatic hydroxyl groups excluding tert-OH is 1. The first-order valence-electron chi connectivity index (χ1n) is 12.0. The molecule has 1 aliphatic carbocycles. The summed E-state index contributed by atoms with van der Waals surface area (Å²) in [6.07, 6.45) is 4.85. The smallest absolute Gasteiger partial charge is 0.331 e. The van der Waals surface area contributed by atoms with E-state index in [9.17, 15) is 14.7 Å². The molecule has 2 aromatic heterocycles. The summed E-state index contributed by atoms with van der Waals surface area (Å²) in [4.78, 5) is 33.7. The molecule has 0 bridgehead atoms. The molecule has 1 atom stereocenters. The van der Waals surface area contributed by atoms with Crippen LogP contribution >= 0.6 is 11.3 Å². The number of ether oxygens (including phenoxy) is 1. The van der Waals surface area contributed by atoms with E-state index < -0.39 is 0 Å². The Bertz CT molecular complexity index is 1560. The Morgan fingerprint density at radius 3 is 2.76 bits per heavy atom. The Morgan fingerprint density at radius 2 is 2.00 bits per heavy atom. The van der Waals surface area contributed by atoms with Gasteiger partial charge in [0.25, 0.3) is 5.91 Å². The molecule has 9 heteroatoms. The number of nitrogens with zero attached hydrogens (tertiary/aromatic N) is 2. The van der Waals surface area contributed by atoms with E-state index in [4.69, 9.17) is 4.74 Å². The van der Waals surface area contributed by atoms with Gasteiger partial charge in [-0.15, -0.1) is 11.3 Å². The van der Waals surface area contributed by atoms with E-state index in [-0.39, 0.29) is 18.0 Å². The molecule has 0 unspecified atom stereocenters. The van der Waals surface area contributed by atoms with E-state index in [0.29, 0.717) is 51.8 Å². The topological polar surface area (TPSA) is 104 Å². The van der Waals surface area contributed by atoms with Crippen molar-refractivity contribution >= 4 is 50.6 Å². The first kappa shape index (κ1) is 23.2. The second-order valence-electron chi connectivity index (χ2n) is 9.06. The van der Waals surface area contributed by atoms with E-state index >= 15 is 0 Å². The lowest BCUT2D eigenvalue weighted by Gasteiger charge is -2.29. The molecule has 8 nitrogen and oxygen atoms in total. The number of thiophene rings is 1. The molecular formula is C28H24N4O4S. The van der Waals surface area contributed by atoms with Crippen molar-refractivity contribution in [3.05, 3.63) is 83.0 Å². The number of hydrogen-bond acceptors (Lipinski definition) is 6. The van der Waals surface area contributed by atoms with Crippen LogP contribution in [0.4, 0.5) is 21.9 Å². The van der Waals surface area contributed by atoms with Gasteiger partial charge in [-0.3, -0.25) is 9.69 Å². The summed E-state index contributed by atoms with van der Waals surface area (Å²) in [5, 5.41) is 16.3. The monoisotopic (exact) mass is 512 g/mol. The third-order valence-corrected chi connectivity index (χ3v) is 7.59. The zero-order valence-corrected chi connectivity index (χ0v) is 20.8. The van der Waals surface area contributed by atoms with E-state index in [2.05, 4.69) is 15.6 Å². The van der Waals surface area contributed by atoms with Gasteiger partial charge in [0.2, 0.25) is 0 Å². The fraction of sp³-hybridized carbons (Fsp3) is 0.179. The highest BCUT2D eigenvalue weighted by molar-refractivity contribution is 7.21. The van der Waals surface area contributed by atoms with Crippen molar-refractivity contribution in [2.24, 2.45) is 0 Å². The minimum Gasteiger partial charge on any atom is -0.457 e. The van der Waals surface area contributed by atoms with Gasteiger partial charge < -0.3 is 20.5 Å². The number of hydrogen-bond donors (Lipinski definition) is 3. The van der Waals surface area contributed by atoms with Crippen LogP contribution in [-0.4, -0.2) is 28.1 Å². The number of rotatable bonds is 5. The molecule has 1 aliphatic heterocycles. The molecule has 0 radical (unpaired) electrons. The first-order valence-corrected chi connectivity index (χ1v) is 12.8. The molecule has 0 saturated heterocycles. The summed E-state index contributed by atoms with van der Waals surface area (Å²) in [6.45, 7) is 1.93. The summed E-state index contributed by atoms with van der Waals surface area (Å²) >= 11 is 1.25. The maximum Gasteiger partial charge on any atom is 0.331 e. The molecule has 0 saturated carbocycles. The van der Waals surface area contributed by atoms with Gasteiger partial charge in [0.05, 0.1) is 28.6 Å². The van der Waals surface area contributed by atoms with Crippen LogP contribution in [0.25, 0.3) is 10.2 Å². The van der Waals surface area contributed by atoms with Crippen LogP contribution in [0.3, 0.4) is 0 Å². The normalized spacial score (nSPS) is 16.8. The number of aliphatic hydroxyl groups is 1. The summed E-state index contributed by atoms with van der Waals surface area (Å²) < 4.78 is 5.95. The fourth-order valence-electron chi connectivity index (χ4n) is 4.69. The predicted octanol–water partition coefficient (Wildman–Crippen LogP) is 6.24. The van der Waals surface area contributed by atoms with Crippen molar-refractivity contribution < 1.29 is 19.4 Å². The number of benzene rings is 2. The summed E-state index contributed by atoms with van der Waals surface area (Å²) in [5.41, 5.74) is 3.49. The van der Waals surface area contributed by atoms with Gasteiger partial charge in [-0.1, -0.05) is 24.3 Å². The van der Waals surface area contributed by atoms with Gasteiger partial charge in [-0.2, -0.15) is 0 Å². The quantitative estimate of drug-likeness (QED) is 0.294. The standard InChI is InChI=1S/C28H24N4O4S/c1-16-15-20(36-19-5-3-2-4-6-19)11-12-21(16)32-22-13-14-29-27-23(22)24(31-28(32)35)25(37-27)26(34)30-17-7-9-18(33)10-8-17/h2-7,11-15,18,33H,8-10H2,1H3,(H,30,34)(H,31,35)/t18-/m0/s1. The van der Waals surface area contributed by atoms with Gasteiger partial charge in [-0.05, 0) is 68.1 Å². The highest BCUT2D eigenvalue weighted by Gasteiger charge is 2.33. The number of nitrogens with one attached hydrogen (secondary N) is 2. The Labute approximate surface area is 217 Å². The van der Waals surface area contributed by atoms with E-state index in [1.807, 2.05) is 61.5 Å². The fourth-order valence-corrected chi connectivity index (χ4v) is 5.70. The van der Waals surface area contributed by atoms with Gasteiger partial charge in [-0.25, -0.2) is 9.78 Å². The Balaban J connectivity index is 1.34. The average molecular weight is 513 g/mol. The van der Waals surface area contributed by atoms with Gasteiger partial charge >= 0.3 is 6.03 Å². The molecule has 6 rings (SSSR count). The van der Waals surface area contributed by atoms with Crippen molar-refractivity contribution in [3.63, 3.8) is 0 Å². The lowest BCUT2D eigenvalue weighted by Crippen LogP contribution is -2.35. The molecule has 0 spiro atoms. The van der Waals surface area contributed by atoms with Crippen LogP contribution in [0.1, 0.15) is 34.5 Å². The number of allylic oxidation sites excluding steroid dienone is 1. The number of aryl methyl sites for hydroxylation is 1. The molecule has 0 fully saturated rings. The van der Waals surface area contributed by atoms with Gasteiger partial charge in [0.15, 0.2) is 0 Å². The SMILES string of the molecule is Cc1cc(Oc2ccccc2)ccc1N1C(=O)Nc2c(C(=O)NC3=CC[C@H](O)CC3)sc3nccc1c23. The number of anilines is 3. The van der Waals surface area contributed by atoms with Crippen LogP contribution in [0.15, 0.2) is 72.6 Å². The number of carbonyl (C=O) groups is 2.